The van der Waals surface area contributed by atoms with Gasteiger partial charge < -0.3 is 30.7 Å². The maximum Gasteiger partial charge on any atom is 0.316 e. The predicted octanol–water partition coefficient (Wildman–Crippen LogP) is 4.25. The third kappa shape index (κ3) is 5.41. The van der Waals surface area contributed by atoms with Crippen molar-refractivity contribution in [1.29, 1.82) is 0 Å². The zero-order valence-electron chi connectivity index (χ0n) is 20.3. The van der Waals surface area contributed by atoms with E-state index in [1.807, 2.05) is 56.6 Å². The number of ether oxygens (including phenoxy) is 2. The number of benzene rings is 2. The van der Waals surface area contributed by atoms with Gasteiger partial charge in [-0.25, -0.2) is 9.78 Å². The lowest BCUT2D eigenvalue weighted by Crippen LogP contribution is -2.20. The van der Waals surface area contributed by atoms with Gasteiger partial charge in [-0.1, -0.05) is 12.1 Å². The molecule has 0 radical (unpaired) electrons. The lowest BCUT2D eigenvalue weighted by Gasteiger charge is -2.19. The monoisotopic (exact) mass is 487 g/mol. The van der Waals surface area contributed by atoms with Crippen LogP contribution in [0, 0.1) is 0 Å². The van der Waals surface area contributed by atoms with Gasteiger partial charge in [-0.2, -0.15) is 0 Å². The highest BCUT2D eigenvalue weighted by Crippen LogP contribution is 2.54. The summed E-state index contributed by atoms with van der Waals surface area (Å²) >= 11 is 0. The van der Waals surface area contributed by atoms with Gasteiger partial charge in [-0.3, -0.25) is 4.79 Å². The van der Waals surface area contributed by atoms with Gasteiger partial charge in [0, 0.05) is 41.9 Å². The van der Waals surface area contributed by atoms with Gasteiger partial charge in [-0.15, -0.1) is 0 Å². The Hall–Kier alpha value is -4.11. The number of rotatable bonds is 5. The second-order valence-corrected chi connectivity index (χ2v) is 9.41. The van der Waals surface area contributed by atoms with Crippen LogP contribution in [0.2, 0.25) is 0 Å². The normalized spacial score (nSPS) is 18.5. The minimum atomic E-state index is -0.537. The number of carbonyl (C=O) groups is 2. The van der Waals surface area contributed by atoms with Crippen molar-refractivity contribution >= 4 is 23.4 Å². The van der Waals surface area contributed by atoms with Gasteiger partial charge >= 0.3 is 6.03 Å². The first-order chi connectivity index (χ1) is 17.4. The van der Waals surface area contributed by atoms with Crippen molar-refractivity contribution in [2.45, 2.75) is 37.8 Å². The van der Waals surface area contributed by atoms with Crippen LogP contribution in [0.1, 0.15) is 35.4 Å². The summed E-state index contributed by atoms with van der Waals surface area (Å²) in [4.78, 5) is 28.3. The summed E-state index contributed by atoms with van der Waals surface area (Å²) < 4.78 is 11.8. The number of nitrogens with two attached hydrogens (primary N) is 1. The Morgan fingerprint density at radius 3 is 2.75 bits per heavy atom. The molecular formula is C27H29N5O4. The highest BCUT2D eigenvalue weighted by atomic mass is 16.5. The molecule has 2 aromatic carbocycles. The Kier molecular flexibility index (Phi) is 6.47. The van der Waals surface area contributed by atoms with Crippen molar-refractivity contribution in [2.75, 3.05) is 24.7 Å². The van der Waals surface area contributed by atoms with E-state index in [0.717, 1.165) is 41.5 Å². The number of hydrogen-bond acceptors (Lipinski definition) is 6. The second-order valence-electron chi connectivity index (χ2n) is 9.41. The number of amides is 3. The first-order valence-electron chi connectivity index (χ1n) is 11.9. The number of pyridine rings is 1. The van der Waals surface area contributed by atoms with E-state index in [4.69, 9.17) is 15.2 Å². The van der Waals surface area contributed by atoms with Crippen molar-refractivity contribution < 1.29 is 19.1 Å². The quantitative estimate of drug-likeness (QED) is 0.495. The Labute approximate surface area is 209 Å². The van der Waals surface area contributed by atoms with Crippen LogP contribution >= 0.6 is 0 Å². The fourth-order valence-corrected chi connectivity index (χ4v) is 4.46. The molecule has 3 aromatic rings. The molecule has 1 aromatic heterocycles. The molecule has 9 nitrogen and oxygen atoms in total. The van der Waals surface area contributed by atoms with E-state index in [-0.39, 0.29) is 5.91 Å². The second kappa shape index (κ2) is 9.87. The summed E-state index contributed by atoms with van der Waals surface area (Å²) in [5.74, 6) is 3.71. The smallest absolute Gasteiger partial charge is 0.316 e. The molecule has 4 N–H and O–H groups in total. The fourth-order valence-electron chi connectivity index (χ4n) is 4.46. The maximum atomic E-state index is 11.5. The van der Waals surface area contributed by atoms with E-state index < -0.39 is 6.03 Å². The molecule has 36 heavy (non-hydrogen) atoms. The van der Waals surface area contributed by atoms with E-state index in [9.17, 15) is 9.59 Å². The molecule has 1 aliphatic carbocycles. The summed E-state index contributed by atoms with van der Waals surface area (Å²) in [6.45, 7) is 0.886. The molecule has 0 spiro atoms. The lowest BCUT2D eigenvalue weighted by atomic mass is 10.1. The Balaban J connectivity index is 0.000000166. The largest absolute Gasteiger partial charge is 0.489 e. The molecule has 186 valence electrons. The van der Waals surface area contributed by atoms with Crippen LogP contribution in [0.25, 0.3) is 0 Å². The highest BCUT2D eigenvalue weighted by molar-refractivity contribution is 5.93. The maximum absolute atomic E-state index is 11.5. The molecule has 1 saturated carbocycles. The molecule has 0 bridgehead atoms. The molecule has 0 saturated heterocycles. The zero-order valence-corrected chi connectivity index (χ0v) is 20.3. The molecule has 3 amide bonds. The van der Waals surface area contributed by atoms with Gasteiger partial charge in [0.2, 0.25) is 5.91 Å². The van der Waals surface area contributed by atoms with Crippen LogP contribution in [-0.2, 0) is 17.8 Å². The van der Waals surface area contributed by atoms with E-state index >= 15 is 0 Å². The molecule has 3 aliphatic rings. The average molecular weight is 488 g/mol. The zero-order chi connectivity index (χ0) is 25.2. The number of fused-ring (bicyclic) bond motifs is 4. The average Bonchev–Trinajstić information content (AvgIpc) is 3.52. The number of nitrogens with zero attached hydrogens (tertiary/aromatic N) is 2. The molecule has 2 unspecified atom stereocenters. The Morgan fingerprint density at radius 2 is 2.00 bits per heavy atom. The first kappa shape index (κ1) is 23.6. The number of primary amides is 1. The minimum Gasteiger partial charge on any atom is -0.489 e. The predicted molar refractivity (Wildman–Crippen MR) is 137 cm³/mol. The van der Waals surface area contributed by atoms with Gasteiger partial charge in [0.1, 0.15) is 29.2 Å². The third-order valence-corrected chi connectivity index (χ3v) is 6.21. The topological polar surface area (TPSA) is 119 Å². The van der Waals surface area contributed by atoms with Crippen molar-refractivity contribution in [1.82, 2.24) is 9.88 Å². The Bertz CT molecular complexity index is 1290. The number of carbonyl (C=O) groups excluding carboxylic acids is 2. The number of hydrogen-bond donors (Lipinski definition) is 3. The molecule has 2 atom stereocenters. The van der Waals surface area contributed by atoms with Crippen LogP contribution in [-0.4, -0.2) is 42.0 Å². The van der Waals surface area contributed by atoms with Crippen molar-refractivity contribution in [3.63, 3.8) is 0 Å². The number of anilines is 2. The van der Waals surface area contributed by atoms with Crippen LogP contribution < -0.4 is 25.8 Å². The standard InChI is InChI=1S/C17H14N2O3.C10H15N3O/c20-16-4-2-10-14(5-6-18-17(10)19-16)21-9-1-3-13-11(7-9)12-8-15(12)22-13;1-13(2)7-8-3-5-9(6-4-8)12-10(11)14/h1,3,5-7,12,15H,2,4,8H2,(H,18,19,20);3-6H,7H2,1-2H3,(H3,11,12,14). The number of urea groups is 1. The van der Waals surface area contributed by atoms with Crippen LogP contribution in [0.3, 0.4) is 0 Å². The SMILES string of the molecule is CN(C)Cc1ccc(NC(N)=O)cc1.O=C1CCc2c(Oc3ccc4c(c3)C3CC3O4)ccnc2N1. The van der Waals surface area contributed by atoms with Crippen molar-refractivity contribution in [3.8, 4) is 17.2 Å². The molecule has 9 heteroatoms. The van der Waals surface area contributed by atoms with Gasteiger partial charge in [-0.05, 0) is 68.9 Å². The van der Waals surface area contributed by atoms with Crippen LogP contribution in [0.5, 0.6) is 17.2 Å². The molecule has 2 aliphatic heterocycles. The fraction of sp³-hybridized carbons (Fsp3) is 0.296. The van der Waals surface area contributed by atoms with Crippen molar-refractivity contribution in [2.24, 2.45) is 5.73 Å². The van der Waals surface area contributed by atoms with E-state index in [2.05, 4.69) is 26.6 Å². The highest BCUT2D eigenvalue weighted by Gasteiger charge is 2.48. The minimum absolute atomic E-state index is 0.00612. The van der Waals surface area contributed by atoms with Crippen LogP contribution in [0.4, 0.5) is 16.3 Å². The summed E-state index contributed by atoms with van der Waals surface area (Å²) in [7, 11) is 4.02. The van der Waals surface area contributed by atoms with Gasteiger partial charge in [0.15, 0.2) is 0 Å². The van der Waals surface area contributed by atoms with E-state index in [1.54, 1.807) is 6.20 Å². The third-order valence-electron chi connectivity index (χ3n) is 6.21. The molecular weight excluding hydrogens is 458 g/mol. The summed E-state index contributed by atoms with van der Waals surface area (Å²) in [5, 5.41) is 5.30. The van der Waals surface area contributed by atoms with E-state index in [1.165, 1.54) is 11.1 Å². The summed E-state index contributed by atoms with van der Waals surface area (Å²) in [6, 6.07) is 14.9. The van der Waals surface area contributed by atoms with E-state index in [0.29, 0.717) is 30.7 Å². The molecule has 6 rings (SSSR count). The lowest BCUT2D eigenvalue weighted by molar-refractivity contribution is -0.116. The number of aromatic nitrogens is 1. The summed E-state index contributed by atoms with van der Waals surface area (Å²) in [5.41, 5.74) is 9.12. The van der Waals surface area contributed by atoms with Crippen LogP contribution in [0.15, 0.2) is 54.7 Å². The van der Waals surface area contributed by atoms with Crippen molar-refractivity contribution in [3.05, 3.63) is 71.4 Å². The van der Waals surface area contributed by atoms with Gasteiger partial charge in [0.25, 0.3) is 0 Å². The first-order valence-corrected chi connectivity index (χ1v) is 11.9. The molecule has 3 heterocycles. The molecule has 1 fully saturated rings. The summed E-state index contributed by atoms with van der Waals surface area (Å²) in [6.07, 6.45) is 4.29. The Morgan fingerprint density at radius 1 is 1.19 bits per heavy atom. The number of nitrogens with one attached hydrogen (secondary N) is 2. The van der Waals surface area contributed by atoms with Gasteiger partial charge in [0.05, 0.1) is 0 Å².